The normalized spacial score (nSPS) is 12.4. The van der Waals surface area contributed by atoms with E-state index in [2.05, 4.69) is 5.32 Å². The maximum Gasteiger partial charge on any atom is 0.264 e. The van der Waals surface area contributed by atoms with E-state index in [-0.39, 0.29) is 28.1 Å². The molecule has 11 heteroatoms. The molecular formula is C30H35Cl2N3O5S. The van der Waals surface area contributed by atoms with Crippen molar-refractivity contribution < 1.29 is 22.7 Å². The van der Waals surface area contributed by atoms with Gasteiger partial charge < -0.3 is 15.0 Å². The molecule has 41 heavy (non-hydrogen) atoms. The monoisotopic (exact) mass is 619 g/mol. The van der Waals surface area contributed by atoms with Crippen molar-refractivity contribution in [2.24, 2.45) is 0 Å². The molecule has 0 aliphatic rings. The lowest BCUT2D eigenvalue weighted by Gasteiger charge is -2.35. The van der Waals surface area contributed by atoms with Gasteiger partial charge in [-0.05, 0) is 75.2 Å². The minimum atomic E-state index is -4.24. The summed E-state index contributed by atoms with van der Waals surface area (Å²) in [6.45, 7) is 6.81. The third-order valence-corrected chi connectivity index (χ3v) is 8.50. The molecule has 1 atom stereocenters. The molecule has 1 N–H and O–H groups in total. The molecule has 0 aliphatic carbocycles. The van der Waals surface area contributed by atoms with Crippen LogP contribution in [0.1, 0.15) is 39.7 Å². The first kappa shape index (κ1) is 32.2. The van der Waals surface area contributed by atoms with E-state index in [4.69, 9.17) is 27.9 Å². The summed E-state index contributed by atoms with van der Waals surface area (Å²) in [5, 5.41) is 3.32. The van der Waals surface area contributed by atoms with E-state index in [1.807, 2.05) is 20.8 Å². The Hall–Kier alpha value is -3.27. The Morgan fingerprint density at radius 2 is 1.61 bits per heavy atom. The van der Waals surface area contributed by atoms with E-state index in [1.165, 1.54) is 35.2 Å². The Morgan fingerprint density at radius 1 is 0.976 bits per heavy atom. The summed E-state index contributed by atoms with van der Waals surface area (Å²) in [6, 6.07) is 18.4. The number of hydrogen-bond donors (Lipinski definition) is 1. The lowest BCUT2D eigenvalue weighted by Crippen LogP contribution is -2.55. The van der Waals surface area contributed by atoms with Crippen LogP contribution >= 0.6 is 23.2 Å². The van der Waals surface area contributed by atoms with Crippen molar-refractivity contribution in [2.45, 2.75) is 57.1 Å². The molecule has 0 spiro atoms. The minimum absolute atomic E-state index is 0.0157. The number of ether oxygens (including phenoxy) is 1. The van der Waals surface area contributed by atoms with Gasteiger partial charge in [0.25, 0.3) is 10.0 Å². The van der Waals surface area contributed by atoms with Crippen molar-refractivity contribution in [3.63, 3.8) is 0 Å². The van der Waals surface area contributed by atoms with E-state index in [9.17, 15) is 18.0 Å². The van der Waals surface area contributed by atoms with Gasteiger partial charge in [-0.3, -0.25) is 13.9 Å². The Bertz CT molecular complexity index is 1460. The highest BCUT2D eigenvalue weighted by Crippen LogP contribution is 2.33. The Morgan fingerprint density at radius 3 is 2.15 bits per heavy atom. The number of benzene rings is 3. The number of carbonyl (C=O) groups excluding carboxylic acids is 2. The molecular weight excluding hydrogens is 585 g/mol. The third kappa shape index (κ3) is 8.38. The zero-order valence-corrected chi connectivity index (χ0v) is 26.1. The molecule has 8 nitrogen and oxygen atoms in total. The summed E-state index contributed by atoms with van der Waals surface area (Å²) < 4.78 is 34.0. The highest BCUT2D eigenvalue weighted by molar-refractivity contribution is 7.92. The third-order valence-electron chi connectivity index (χ3n) is 6.18. The second kappa shape index (κ2) is 13.6. The Balaban J connectivity index is 2.09. The summed E-state index contributed by atoms with van der Waals surface area (Å²) in [6.07, 6.45) is 0.303. The standard InChI is InChI=1S/C30H35Cl2N3O5S/c1-6-26(29(37)33-30(2,3)4)34(19-21-12-15-23(40-5)16-13-21)28(36)20-35(27-17-14-22(31)18-25(27)32)41(38,39)24-10-8-7-9-11-24/h7-18,26H,6,19-20H2,1-5H3,(H,33,37)/t26-/m0/s1. The number of hydrogen-bond acceptors (Lipinski definition) is 5. The minimum Gasteiger partial charge on any atom is -0.497 e. The van der Waals surface area contributed by atoms with Gasteiger partial charge in [-0.2, -0.15) is 0 Å². The molecule has 0 saturated heterocycles. The van der Waals surface area contributed by atoms with Crippen molar-refractivity contribution in [1.82, 2.24) is 10.2 Å². The number of amides is 2. The van der Waals surface area contributed by atoms with Gasteiger partial charge in [0.15, 0.2) is 0 Å². The van der Waals surface area contributed by atoms with Crippen LogP contribution < -0.4 is 14.4 Å². The highest BCUT2D eigenvalue weighted by Gasteiger charge is 2.35. The zero-order valence-electron chi connectivity index (χ0n) is 23.7. The smallest absolute Gasteiger partial charge is 0.264 e. The quantitative estimate of drug-likeness (QED) is 0.287. The van der Waals surface area contributed by atoms with E-state index in [1.54, 1.807) is 56.5 Å². The van der Waals surface area contributed by atoms with Crippen LogP contribution in [0, 0.1) is 0 Å². The summed E-state index contributed by atoms with van der Waals surface area (Å²) in [5.41, 5.74) is 0.284. The molecule has 0 unspecified atom stereocenters. The summed E-state index contributed by atoms with van der Waals surface area (Å²) in [7, 11) is -2.69. The molecule has 3 aromatic rings. The van der Waals surface area contributed by atoms with Crippen molar-refractivity contribution in [1.29, 1.82) is 0 Å². The van der Waals surface area contributed by atoms with Crippen LogP contribution in [-0.4, -0.2) is 50.4 Å². The first-order valence-corrected chi connectivity index (χ1v) is 15.2. The number of anilines is 1. The maximum absolute atomic E-state index is 14.1. The Labute approximate surface area is 252 Å². The average molecular weight is 621 g/mol. The van der Waals surface area contributed by atoms with E-state index in [0.717, 1.165) is 9.87 Å². The molecule has 2 amide bonds. The van der Waals surface area contributed by atoms with Crippen LogP contribution in [0.5, 0.6) is 5.75 Å². The maximum atomic E-state index is 14.1. The lowest BCUT2D eigenvalue weighted by molar-refractivity contribution is -0.141. The van der Waals surface area contributed by atoms with E-state index in [0.29, 0.717) is 17.2 Å². The van der Waals surface area contributed by atoms with Gasteiger partial charge in [-0.1, -0.05) is 60.5 Å². The van der Waals surface area contributed by atoms with Gasteiger partial charge in [0.05, 0.1) is 22.7 Å². The fourth-order valence-electron chi connectivity index (χ4n) is 4.22. The van der Waals surface area contributed by atoms with Crippen molar-refractivity contribution >= 4 is 50.7 Å². The molecule has 3 rings (SSSR count). The van der Waals surface area contributed by atoms with Crippen molar-refractivity contribution in [3.05, 3.63) is 88.4 Å². The van der Waals surface area contributed by atoms with Crippen molar-refractivity contribution in [3.8, 4) is 5.75 Å². The second-order valence-electron chi connectivity index (χ2n) is 10.5. The first-order chi connectivity index (χ1) is 19.3. The van der Waals surface area contributed by atoms with Crippen LogP contribution in [0.15, 0.2) is 77.7 Å². The van der Waals surface area contributed by atoms with E-state index < -0.39 is 34.1 Å². The molecule has 220 valence electrons. The number of sulfonamides is 1. The molecule has 0 saturated carbocycles. The fraction of sp³-hybridized carbons (Fsp3) is 0.333. The molecule has 0 fully saturated rings. The van der Waals surface area contributed by atoms with Crippen molar-refractivity contribution in [2.75, 3.05) is 18.0 Å². The van der Waals surface area contributed by atoms with Crippen LogP contribution in [0.2, 0.25) is 10.0 Å². The number of carbonyl (C=O) groups is 2. The van der Waals surface area contributed by atoms with Gasteiger partial charge in [0.2, 0.25) is 11.8 Å². The zero-order chi connectivity index (χ0) is 30.4. The molecule has 0 radical (unpaired) electrons. The molecule has 0 bridgehead atoms. The van der Waals surface area contributed by atoms with Gasteiger partial charge in [0.1, 0.15) is 18.3 Å². The van der Waals surface area contributed by atoms with E-state index >= 15 is 0 Å². The van der Waals surface area contributed by atoms with Gasteiger partial charge in [0, 0.05) is 17.1 Å². The van der Waals surface area contributed by atoms with Gasteiger partial charge in [-0.25, -0.2) is 8.42 Å². The first-order valence-electron chi connectivity index (χ1n) is 13.0. The molecule has 0 aliphatic heterocycles. The van der Waals surface area contributed by atoms with Crippen LogP contribution in [-0.2, 0) is 26.2 Å². The molecule has 0 heterocycles. The Kier molecular flexibility index (Phi) is 10.7. The largest absolute Gasteiger partial charge is 0.497 e. The fourth-order valence-corrected chi connectivity index (χ4v) is 6.23. The predicted molar refractivity (Wildman–Crippen MR) is 163 cm³/mol. The SMILES string of the molecule is CC[C@@H](C(=O)NC(C)(C)C)N(Cc1ccc(OC)cc1)C(=O)CN(c1ccc(Cl)cc1Cl)S(=O)(=O)c1ccccc1. The summed E-state index contributed by atoms with van der Waals surface area (Å²) in [5.74, 6) is -0.284. The number of rotatable bonds is 11. The number of nitrogens with one attached hydrogen (secondary N) is 1. The number of halogens is 2. The summed E-state index contributed by atoms with van der Waals surface area (Å²) >= 11 is 12.5. The predicted octanol–water partition coefficient (Wildman–Crippen LogP) is 5.92. The molecule has 3 aromatic carbocycles. The van der Waals surface area contributed by atoms with Gasteiger partial charge in [-0.15, -0.1) is 0 Å². The van der Waals surface area contributed by atoms with Gasteiger partial charge >= 0.3 is 0 Å². The second-order valence-corrected chi connectivity index (χ2v) is 13.2. The van der Waals surface area contributed by atoms with Crippen LogP contribution in [0.25, 0.3) is 0 Å². The average Bonchev–Trinajstić information content (AvgIpc) is 2.91. The highest BCUT2D eigenvalue weighted by atomic mass is 35.5. The lowest BCUT2D eigenvalue weighted by atomic mass is 10.1. The van der Waals surface area contributed by atoms with Crippen LogP contribution in [0.4, 0.5) is 5.69 Å². The van der Waals surface area contributed by atoms with Crippen LogP contribution in [0.3, 0.4) is 0 Å². The summed E-state index contributed by atoms with van der Waals surface area (Å²) in [4.78, 5) is 28.9. The number of nitrogens with zero attached hydrogens (tertiary/aromatic N) is 2. The topological polar surface area (TPSA) is 96.0 Å². The molecule has 0 aromatic heterocycles. The number of methoxy groups -OCH3 is 1.